The van der Waals surface area contributed by atoms with Gasteiger partial charge in [0.15, 0.2) is 0 Å². The second-order valence-electron chi connectivity index (χ2n) is 21.4. The number of aromatic nitrogens is 6. The van der Waals surface area contributed by atoms with Gasteiger partial charge in [-0.3, -0.25) is 14.5 Å². The van der Waals surface area contributed by atoms with Crippen LogP contribution in [0.1, 0.15) is 58.7 Å². The number of para-hydroxylation sites is 3. The molecule has 16 aromatic rings. The number of benzene rings is 8. The van der Waals surface area contributed by atoms with Crippen molar-refractivity contribution in [2.75, 3.05) is 14.2 Å². The molecule has 2 atom stereocenters. The quantitative estimate of drug-likeness (QED) is 0.0774. The van der Waals surface area contributed by atoms with Crippen molar-refractivity contribution in [3.8, 4) is 56.3 Å². The van der Waals surface area contributed by atoms with Gasteiger partial charge in [0.1, 0.15) is 16.7 Å². The van der Waals surface area contributed by atoms with Crippen molar-refractivity contribution in [3.63, 3.8) is 0 Å². The van der Waals surface area contributed by atoms with Gasteiger partial charge < -0.3 is 39.0 Å². The Bertz CT molecular complexity index is 4900. The van der Waals surface area contributed by atoms with Gasteiger partial charge in [0.25, 0.3) is 0 Å². The van der Waals surface area contributed by atoms with Crippen molar-refractivity contribution in [3.05, 3.63) is 364 Å². The molecule has 0 fully saturated rings. The minimum absolute atomic E-state index is 0. The molecule has 0 aliphatic carbocycles. The average molecular weight is 1800 g/mol. The first-order valence-corrected chi connectivity index (χ1v) is 33.5. The molecule has 8 aromatic carbocycles. The maximum Gasteiger partial charge on any atom is 3.00 e. The number of fused-ring (bicyclic) bond motifs is 6. The second kappa shape index (κ2) is 46.1. The van der Waals surface area contributed by atoms with Crippen LogP contribution in [0.4, 0.5) is 13.2 Å². The molecule has 0 aliphatic rings. The monoisotopic (exact) mass is 1800 g/mol. The van der Waals surface area contributed by atoms with Gasteiger partial charge in [0.2, 0.25) is 0 Å². The summed E-state index contributed by atoms with van der Waals surface area (Å²) in [7, 11) is -3.84. The first-order chi connectivity index (χ1) is 53.0. The summed E-state index contributed by atoms with van der Waals surface area (Å²) in [4.78, 5) is 25.1. The number of aliphatic hydroxyl groups excluding tert-OH is 2. The summed E-state index contributed by atoms with van der Waals surface area (Å²) in [6, 6.07) is 105. The topological polar surface area (TPSA) is 198 Å². The maximum atomic E-state index is 10.7. The number of halogens is 3. The van der Waals surface area contributed by atoms with E-state index < -0.39 is 41.2 Å². The molecular formula is C87H76F3Ir2N6O7S-2. The first kappa shape index (κ1) is 76.3. The molecule has 0 aliphatic heterocycles. The zero-order valence-electron chi connectivity index (χ0n) is 63.6. The van der Waals surface area contributed by atoms with E-state index in [2.05, 4.69) is 66.3 Å². The van der Waals surface area contributed by atoms with Crippen LogP contribution < -0.4 is 0 Å². The average Bonchev–Trinajstić information content (AvgIpc) is 1.74. The van der Waals surface area contributed by atoms with Gasteiger partial charge in [0, 0.05) is 113 Å². The third-order valence-corrected chi connectivity index (χ3v) is 14.9. The van der Waals surface area contributed by atoms with E-state index in [1.54, 1.807) is 75.4 Å². The molecular weight excluding hydrogens is 1710 g/mol. The summed E-state index contributed by atoms with van der Waals surface area (Å²) in [6.45, 7) is -0.540. The normalized spacial score (nSPS) is 11.8. The van der Waals surface area contributed by atoms with Crippen molar-refractivity contribution in [2.24, 2.45) is 0 Å². The van der Waals surface area contributed by atoms with Crippen molar-refractivity contribution in [1.82, 2.24) is 29.9 Å². The molecule has 3 N–H and O–H groups in total. The first-order valence-electron chi connectivity index (χ1n) is 35.0. The van der Waals surface area contributed by atoms with E-state index in [9.17, 15) is 13.2 Å². The summed E-state index contributed by atoms with van der Waals surface area (Å²) in [5.41, 5.74) is 9.11. The Balaban J connectivity index is 0.000000232. The van der Waals surface area contributed by atoms with Gasteiger partial charge in [-0.2, -0.15) is 39.8 Å². The Labute approximate surface area is 652 Å². The van der Waals surface area contributed by atoms with Gasteiger partial charge in [-0.15, -0.1) is 150 Å². The molecule has 16 rings (SSSR count). The molecule has 13 nitrogen and oxygen atoms in total. The van der Waals surface area contributed by atoms with Crippen LogP contribution in [0.2, 0.25) is 0 Å². The largest absolute Gasteiger partial charge is 3.00 e. The Hall–Kier alpha value is -10.8. The summed E-state index contributed by atoms with van der Waals surface area (Å²) in [5.74, 6) is -0.968. The molecule has 19 heteroatoms. The smallest absolute Gasteiger partial charge is 0.516 e. The van der Waals surface area contributed by atoms with E-state index in [4.69, 9.17) is 40.2 Å². The van der Waals surface area contributed by atoms with Gasteiger partial charge in [-0.05, 0) is 112 Å². The summed E-state index contributed by atoms with van der Waals surface area (Å²) >= 11 is 0. The number of hydrogen-bond donors (Lipinski definition) is 3. The standard InChI is InChI=1S/C20H17NO.C12H7O.4C11H8N.C8H11N.CHF3O3S.2CH4O.2Ir/c1-13(2)14-10-11-21-18(12-14)17-8-5-7-16-15-6-3-4-9-19(15)22-20(16)17;1-3-7-11-9(5-1)10-6-2-4-8-12(10)13-11;4*1-2-6-10(7-3-1)11-8-4-5-9-12-11;1-7(2)8-3-5-9-6-4-8;2-1(3,4)8(5,6)7;2*1-2;;/h3-13H,1-2H3;1-3,5-8H;4*1-6,8-9H;3-7H,1-2H3;(H,5,6,7);2*2H,1H3;;/q;5*-1;;;;;;+3/i1D3;;;;;;1D3;;;;;. The van der Waals surface area contributed by atoms with Crippen LogP contribution in [0.25, 0.3) is 100 Å². The molecule has 0 bridgehead atoms. The number of furan rings is 2. The molecule has 0 saturated heterocycles. The number of aliphatic hydroxyl groups is 2. The van der Waals surface area contributed by atoms with Crippen LogP contribution in [0.3, 0.4) is 0 Å². The van der Waals surface area contributed by atoms with Crippen LogP contribution in [-0.2, 0) is 50.3 Å². The summed E-state index contributed by atoms with van der Waals surface area (Å²) in [5, 5.41) is 18.4. The van der Waals surface area contributed by atoms with Gasteiger partial charge in [-0.25, -0.2) is 0 Å². The fourth-order valence-corrected chi connectivity index (χ4v) is 9.38. The van der Waals surface area contributed by atoms with E-state index >= 15 is 0 Å². The minimum Gasteiger partial charge on any atom is -0.516 e. The van der Waals surface area contributed by atoms with Gasteiger partial charge >= 0.3 is 35.7 Å². The number of alkyl halides is 3. The summed E-state index contributed by atoms with van der Waals surface area (Å²) < 4.78 is 114. The predicted octanol–water partition coefficient (Wildman–Crippen LogP) is 21.2. The fourth-order valence-electron chi connectivity index (χ4n) is 9.38. The van der Waals surface area contributed by atoms with Crippen molar-refractivity contribution in [2.45, 2.75) is 44.9 Å². The molecule has 543 valence electrons. The van der Waals surface area contributed by atoms with Crippen LogP contribution >= 0.6 is 0 Å². The Morgan fingerprint density at radius 3 is 1.16 bits per heavy atom. The Kier molecular flexibility index (Phi) is 33.2. The third-order valence-electron chi connectivity index (χ3n) is 14.3. The number of hydrogen-bond acceptors (Lipinski definition) is 12. The van der Waals surface area contributed by atoms with E-state index in [1.165, 1.54) is 5.39 Å². The molecule has 1 radical (unpaired) electrons. The molecule has 2 unspecified atom stereocenters. The van der Waals surface area contributed by atoms with Crippen molar-refractivity contribution < 1.29 is 93.6 Å². The fraction of sp³-hybridized carbons (Fsp3) is 0.103. The zero-order valence-corrected chi connectivity index (χ0v) is 63.2. The second-order valence-corrected chi connectivity index (χ2v) is 22.8. The number of pyridine rings is 6. The van der Waals surface area contributed by atoms with Crippen molar-refractivity contribution >= 4 is 54.0 Å². The minimum atomic E-state index is -5.84. The molecule has 0 spiro atoms. The zero-order chi connectivity index (χ0) is 79.4. The van der Waals surface area contributed by atoms with Crippen LogP contribution in [0.5, 0.6) is 0 Å². The summed E-state index contributed by atoms with van der Waals surface area (Å²) in [6.07, 6.45) is 12.0. The van der Waals surface area contributed by atoms with E-state index in [1.807, 2.05) is 255 Å². The van der Waals surface area contributed by atoms with Gasteiger partial charge in [0.05, 0.1) is 5.69 Å². The Morgan fingerprint density at radius 2 is 0.764 bits per heavy atom. The van der Waals surface area contributed by atoms with Crippen LogP contribution in [-0.4, -0.2) is 72.8 Å². The molecule has 8 aromatic heterocycles. The SMILES string of the molecule is CO.CO.O=S(=O)(O)C(F)(F)F.[2H]C([2H])([2H])C(C)c1ccnc(-c2cccc3c2oc2ccccc23)c1.[2H]C([2H])([2H])C(C)c1ccncc1.[Ir+3].[Ir].[c-]1ccc2c(c1)oc1ccccc12.[c-]1ccccc1-c1ccccn1.[c-]1ccccc1-c1ccccn1.[c-]1ccccc1-c1ccccn1.[c-]1ccccc1-c1ccccn1. The van der Waals surface area contributed by atoms with Gasteiger partial charge in [-0.1, -0.05) is 130 Å². The van der Waals surface area contributed by atoms with Crippen LogP contribution in [0.15, 0.2) is 331 Å². The van der Waals surface area contributed by atoms with E-state index in [-0.39, 0.29) is 40.2 Å². The maximum absolute atomic E-state index is 10.7. The third kappa shape index (κ3) is 27.0. The number of nitrogens with zero attached hydrogens (tertiary/aromatic N) is 6. The van der Waals surface area contributed by atoms with Crippen molar-refractivity contribution in [1.29, 1.82) is 0 Å². The van der Waals surface area contributed by atoms with Crippen LogP contribution in [0, 0.1) is 30.3 Å². The molecule has 106 heavy (non-hydrogen) atoms. The Morgan fingerprint density at radius 1 is 0.406 bits per heavy atom. The molecule has 0 amide bonds. The molecule has 8 heterocycles. The van der Waals surface area contributed by atoms with E-state index in [0.29, 0.717) is 0 Å². The molecule has 0 saturated carbocycles. The predicted molar refractivity (Wildman–Crippen MR) is 410 cm³/mol. The number of rotatable bonds is 7. The van der Waals surface area contributed by atoms with E-state index in [0.717, 1.165) is 120 Å².